The predicted molar refractivity (Wildman–Crippen MR) is 55.3 cm³/mol. The number of rotatable bonds is 4. The van der Waals surface area contributed by atoms with E-state index < -0.39 is 6.04 Å². The largest absolute Gasteiger partial charge is 0.320 e. The molecule has 0 radical (unpaired) electrons. The topological polar surface area (TPSA) is 67.1 Å². The smallest absolute Gasteiger partial charge is 0.251 e. The number of hydrogen-bond donors (Lipinski definition) is 3. The fraction of sp³-hybridized carbons (Fsp3) is 0.300. The highest BCUT2D eigenvalue weighted by Gasteiger charge is 2.12. The summed E-state index contributed by atoms with van der Waals surface area (Å²) in [5.74, 6) is -0.589. The molecule has 0 aromatic heterocycles. The molecule has 1 unspecified atom stereocenters. The molecule has 4 N–H and O–H groups in total. The number of halogens is 1. The van der Waals surface area contributed by atoms with E-state index in [9.17, 15) is 9.18 Å². The number of hydrazine groups is 1. The van der Waals surface area contributed by atoms with Gasteiger partial charge in [-0.3, -0.25) is 10.2 Å². The standard InChI is InChI=1S/C10H14FN3O/c1-13-14-10(15)9(12)6-7-2-4-8(11)5-3-7/h2-5,9,13H,6,12H2,1H3,(H,14,15). The van der Waals surface area contributed by atoms with Crippen LogP contribution in [0.2, 0.25) is 0 Å². The average molecular weight is 211 g/mol. The average Bonchev–Trinajstić information content (AvgIpc) is 2.22. The summed E-state index contributed by atoms with van der Waals surface area (Å²) in [4.78, 5) is 11.2. The van der Waals surface area contributed by atoms with Gasteiger partial charge in [0, 0.05) is 7.05 Å². The quantitative estimate of drug-likeness (QED) is 0.611. The number of benzene rings is 1. The second kappa shape index (κ2) is 5.43. The van der Waals surface area contributed by atoms with Gasteiger partial charge in [0.1, 0.15) is 5.82 Å². The number of carbonyl (C=O) groups is 1. The first-order valence-electron chi connectivity index (χ1n) is 4.60. The van der Waals surface area contributed by atoms with E-state index in [0.29, 0.717) is 6.42 Å². The van der Waals surface area contributed by atoms with Gasteiger partial charge in [0.25, 0.3) is 5.91 Å². The van der Waals surface area contributed by atoms with Crippen LogP contribution in [0.1, 0.15) is 5.56 Å². The van der Waals surface area contributed by atoms with Gasteiger partial charge in [-0.1, -0.05) is 12.1 Å². The van der Waals surface area contributed by atoms with E-state index in [1.165, 1.54) is 12.1 Å². The Bertz CT molecular complexity index is 326. The minimum Gasteiger partial charge on any atom is -0.320 e. The number of amides is 1. The van der Waals surface area contributed by atoms with E-state index in [0.717, 1.165) is 5.56 Å². The molecule has 0 saturated heterocycles. The molecule has 1 amide bonds. The summed E-state index contributed by atoms with van der Waals surface area (Å²) in [6.07, 6.45) is 0.383. The highest BCUT2D eigenvalue weighted by Crippen LogP contribution is 2.04. The normalized spacial score (nSPS) is 12.2. The fourth-order valence-corrected chi connectivity index (χ4v) is 1.18. The van der Waals surface area contributed by atoms with Gasteiger partial charge in [-0.15, -0.1) is 0 Å². The van der Waals surface area contributed by atoms with Crippen molar-refractivity contribution in [3.8, 4) is 0 Å². The molecule has 1 atom stereocenters. The Kier molecular flexibility index (Phi) is 4.20. The Morgan fingerprint density at radius 2 is 2.07 bits per heavy atom. The lowest BCUT2D eigenvalue weighted by Gasteiger charge is -2.11. The molecular formula is C10H14FN3O. The molecular weight excluding hydrogens is 197 g/mol. The van der Waals surface area contributed by atoms with Crippen LogP contribution < -0.4 is 16.6 Å². The van der Waals surface area contributed by atoms with E-state index in [4.69, 9.17) is 5.73 Å². The van der Waals surface area contributed by atoms with E-state index in [1.54, 1.807) is 19.2 Å². The molecule has 0 bridgehead atoms. The lowest BCUT2D eigenvalue weighted by atomic mass is 10.1. The molecule has 0 aliphatic carbocycles. The summed E-state index contributed by atoms with van der Waals surface area (Å²) in [7, 11) is 1.59. The third kappa shape index (κ3) is 3.65. The molecule has 0 aliphatic rings. The fourth-order valence-electron chi connectivity index (χ4n) is 1.18. The van der Waals surface area contributed by atoms with Crippen molar-refractivity contribution in [2.24, 2.45) is 5.73 Å². The van der Waals surface area contributed by atoms with Crippen LogP contribution in [0.4, 0.5) is 4.39 Å². The van der Waals surface area contributed by atoms with Gasteiger partial charge in [0.15, 0.2) is 0 Å². The van der Waals surface area contributed by atoms with Crippen LogP contribution in [0, 0.1) is 5.82 Å². The van der Waals surface area contributed by atoms with Crippen molar-refractivity contribution in [1.82, 2.24) is 10.9 Å². The third-order valence-corrected chi connectivity index (χ3v) is 1.95. The lowest BCUT2D eigenvalue weighted by Crippen LogP contribution is -2.46. The number of nitrogens with one attached hydrogen (secondary N) is 2. The molecule has 0 spiro atoms. The zero-order chi connectivity index (χ0) is 11.3. The maximum Gasteiger partial charge on any atom is 0.251 e. The maximum absolute atomic E-state index is 12.6. The first-order valence-corrected chi connectivity index (χ1v) is 4.60. The van der Waals surface area contributed by atoms with Crippen LogP contribution in [0.15, 0.2) is 24.3 Å². The van der Waals surface area contributed by atoms with Gasteiger partial charge in [-0.2, -0.15) is 0 Å². The number of carbonyl (C=O) groups excluding carboxylic acids is 1. The molecule has 0 fully saturated rings. The van der Waals surface area contributed by atoms with Crippen molar-refractivity contribution in [2.75, 3.05) is 7.05 Å². The highest BCUT2D eigenvalue weighted by atomic mass is 19.1. The summed E-state index contributed by atoms with van der Waals surface area (Å²) in [5.41, 5.74) is 11.3. The summed E-state index contributed by atoms with van der Waals surface area (Å²) in [6, 6.07) is 5.28. The predicted octanol–water partition coefficient (Wildman–Crippen LogP) is -0.0539. The highest BCUT2D eigenvalue weighted by molar-refractivity contribution is 5.81. The Labute approximate surface area is 87.6 Å². The Morgan fingerprint density at radius 3 is 2.60 bits per heavy atom. The molecule has 1 rings (SSSR count). The Hall–Kier alpha value is -1.46. The molecule has 82 valence electrons. The number of hydrogen-bond acceptors (Lipinski definition) is 3. The Balaban J connectivity index is 2.54. The minimum atomic E-state index is -0.636. The van der Waals surface area contributed by atoms with Gasteiger partial charge in [-0.25, -0.2) is 9.82 Å². The Morgan fingerprint density at radius 1 is 1.47 bits per heavy atom. The first kappa shape index (κ1) is 11.6. The second-order valence-electron chi connectivity index (χ2n) is 3.18. The summed E-state index contributed by atoms with van der Waals surface area (Å²) >= 11 is 0. The molecule has 0 saturated carbocycles. The zero-order valence-corrected chi connectivity index (χ0v) is 8.46. The van der Waals surface area contributed by atoms with Gasteiger partial charge >= 0.3 is 0 Å². The second-order valence-corrected chi connectivity index (χ2v) is 3.18. The maximum atomic E-state index is 12.6. The van der Waals surface area contributed by atoms with Crippen molar-refractivity contribution in [3.05, 3.63) is 35.6 Å². The van der Waals surface area contributed by atoms with Crippen molar-refractivity contribution >= 4 is 5.91 Å². The molecule has 5 heteroatoms. The van der Waals surface area contributed by atoms with E-state index in [2.05, 4.69) is 10.9 Å². The lowest BCUT2D eigenvalue weighted by molar-refractivity contribution is -0.123. The van der Waals surface area contributed by atoms with Crippen LogP contribution in [-0.4, -0.2) is 19.0 Å². The third-order valence-electron chi connectivity index (χ3n) is 1.95. The molecule has 15 heavy (non-hydrogen) atoms. The first-order chi connectivity index (χ1) is 7.13. The van der Waals surface area contributed by atoms with E-state index >= 15 is 0 Å². The molecule has 4 nitrogen and oxygen atoms in total. The molecule has 0 aliphatic heterocycles. The van der Waals surface area contributed by atoms with Crippen molar-refractivity contribution in [2.45, 2.75) is 12.5 Å². The van der Waals surface area contributed by atoms with Crippen LogP contribution in [0.3, 0.4) is 0 Å². The summed E-state index contributed by atoms with van der Waals surface area (Å²) in [6.45, 7) is 0. The van der Waals surface area contributed by atoms with Gasteiger partial charge in [-0.05, 0) is 24.1 Å². The monoisotopic (exact) mass is 211 g/mol. The molecule has 0 heterocycles. The zero-order valence-electron chi connectivity index (χ0n) is 8.46. The minimum absolute atomic E-state index is 0.290. The summed E-state index contributed by atoms with van der Waals surface area (Å²) < 4.78 is 12.6. The summed E-state index contributed by atoms with van der Waals surface area (Å²) in [5, 5.41) is 0. The van der Waals surface area contributed by atoms with Crippen molar-refractivity contribution in [1.29, 1.82) is 0 Å². The van der Waals surface area contributed by atoms with Crippen molar-refractivity contribution in [3.63, 3.8) is 0 Å². The van der Waals surface area contributed by atoms with Crippen LogP contribution >= 0.6 is 0 Å². The van der Waals surface area contributed by atoms with E-state index in [-0.39, 0.29) is 11.7 Å². The van der Waals surface area contributed by atoms with Gasteiger partial charge in [0.05, 0.1) is 6.04 Å². The molecule has 1 aromatic rings. The number of nitrogens with two attached hydrogens (primary N) is 1. The van der Waals surface area contributed by atoms with Crippen LogP contribution in [-0.2, 0) is 11.2 Å². The van der Waals surface area contributed by atoms with Crippen molar-refractivity contribution < 1.29 is 9.18 Å². The van der Waals surface area contributed by atoms with Crippen LogP contribution in [0.25, 0.3) is 0 Å². The van der Waals surface area contributed by atoms with Gasteiger partial charge in [0.2, 0.25) is 0 Å². The SMILES string of the molecule is CNNC(=O)C(N)Cc1ccc(F)cc1. The molecule has 1 aromatic carbocycles. The van der Waals surface area contributed by atoms with Gasteiger partial charge < -0.3 is 5.73 Å². The van der Waals surface area contributed by atoms with Crippen LogP contribution in [0.5, 0.6) is 0 Å². The van der Waals surface area contributed by atoms with E-state index in [1.807, 2.05) is 0 Å².